The molecule has 0 saturated heterocycles. The van der Waals surface area contributed by atoms with Crippen LogP contribution in [0.15, 0.2) is 48.7 Å². The molecule has 1 aliphatic carbocycles. The molecule has 0 atom stereocenters. The van der Waals surface area contributed by atoms with E-state index < -0.39 is 0 Å². The minimum absolute atomic E-state index is 0.271. The zero-order valence-corrected chi connectivity index (χ0v) is 12.9. The molecule has 6 heteroatoms. The highest BCUT2D eigenvalue weighted by Gasteiger charge is 2.27. The van der Waals surface area contributed by atoms with Crippen LogP contribution < -0.4 is 5.32 Å². The Morgan fingerprint density at radius 1 is 1.12 bits per heavy atom. The van der Waals surface area contributed by atoms with Crippen molar-refractivity contribution in [3.8, 4) is 5.69 Å². The summed E-state index contributed by atoms with van der Waals surface area (Å²) >= 11 is 0. The number of pyridine rings is 1. The van der Waals surface area contributed by atoms with Gasteiger partial charge in [-0.2, -0.15) is 5.10 Å². The van der Waals surface area contributed by atoms with Gasteiger partial charge in [-0.05, 0) is 55.7 Å². The van der Waals surface area contributed by atoms with Crippen LogP contribution in [-0.4, -0.2) is 20.7 Å². The van der Waals surface area contributed by atoms with Gasteiger partial charge < -0.3 is 5.32 Å². The molecule has 0 saturated carbocycles. The number of rotatable bonds is 3. The van der Waals surface area contributed by atoms with E-state index in [0.29, 0.717) is 11.5 Å². The molecule has 2 heterocycles. The summed E-state index contributed by atoms with van der Waals surface area (Å²) in [4.78, 5) is 16.7. The zero-order chi connectivity index (χ0) is 16.5. The highest BCUT2D eigenvalue weighted by molar-refractivity contribution is 6.03. The number of nitrogens with zero attached hydrogens (tertiary/aromatic N) is 3. The summed E-state index contributed by atoms with van der Waals surface area (Å²) in [5, 5.41) is 7.26. The highest BCUT2D eigenvalue weighted by Crippen LogP contribution is 2.28. The third kappa shape index (κ3) is 2.56. The van der Waals surface area contributed by atoms with Gasteiger partial charge in [-0.25, -0.2) is 14.1 Å². The van der Waals surface area contributed by atoms with Crippen LogP contribution in [0.4, 0.5) is 10.2 Å². The molecule has 1 amide bonds. The van der Waals surface area contributed by atoms with Crippen molar-refractivity contribution >= 4 is 11.7 Å². The van der Waals surface area contributed by atoms with E-state index in [1.165, 1.54) is 12.1 Å². The average Bonchev–Trinajstić information content (AvgIpc) is 3.19. The first-order chi connectivity index (χ1) is 11.7. The number of carbonyl (C=O) groups excluding carboxylic acids is 1. The van der Waals surface area contributed by atoms with Crippen molar-refractivity contribution in [1.29, 1.82) is 0 Å². The van der Waals surface area contributed by atoms with Crippen LogP contribution in [0.3, 0.4) is 0 Å². The first-order valence-corrected chi connectivity index (χ1v) is 7.81. The van der Waals surface area contributed by atoms with E-state index in [1.807, 2.05) is 6.07 Å². The quantitative estimate of drug-likeness (QED) is 0.806. The fraction of sp³-hybridized carbons (Fsp3) is 0.167. The number of fused-ring (bicyclic) bond motifs is 1. The third-order valence-corrected chi connectivity index (χ3v) is 4.12. The van der Waals surface area contributed by atoms with Crippen LogP contribution in [0.2, 0.25) is 0 Å². The molecule has 0 unspecified atom stereocenters. The molecule has 0 bridgehead atoms. The van der Waals surface area contributed by atoms with E-state index in [1.54, 1.807) is 35.1 Å². The molecule has 0 fully saturated rings. The Morgan fingerprint density at radius 3 is 2.71 bits per heavy atom. The van der Waals surface area contributed by atoms with Gasteiger partial charge in [-0.1, -0.05) is 6.07 Å². The van der Waals surface area contributed by atoms with Gasteiger partial charge in [0.05, 0.1) is 5.69 Å². The summed E-state index contributed by atoms with van der Waals surface area (Å²) in [6.07, 6.45) is 4.29. The van der Waals surface area contributed by atoms with Crippen molar-refractivity contribution in [3.63, 3.8) is 0 Å². The van der Waals surface area contributed by atoms with Crippen LogP contribution in [0.25, 0.3) is 5.69 Å². The lowest BCUT2D eigenvalue weighted by Crippen LogP contribution is -2.15. The third-order valence-electron chi connectivity index (χ3n) is 4.12. The SMILES string of the molecule is O=C(Nc1ccccn1)c1nn(-c2ccc(F)cc2)c2c1CCC2. The maximum atomic E-state index is 13.2. The Balaban J connectivity index is 1.71. The molecule has 1 N–H and O–H groups in total. The van der Waals surface area contributed by atoms with Gasteiger partial charge in [0.2, 0.25) is 0 Å². The number of carbonyl (C=O) groups is 1. The van der Waals surface area contributed by atoms with E-state index >= 15 is 0 Å². The lowest BCUT2D eigenvalue weighted by molar-refractivity contribution is 0.102. The van der Waals surface area contributed by atoms with Crippen LogP contribution >= 0.6 is 0 Å². The number of nitrogens with one attached hydrogen (secondary N) is 1. The fourth-order valence-electron chi connectivity index (χ4n) is 3.03. The maximum absolute atomic E-state index is 13.2. The number of amides is 1. The Morgan fingerprint density at radius 2 is 1.96 bits per heavy atom. The predicted octanol–water partition coefficient (Wildman–Crippen LogP) is 3.15. The first kappa shape index (κ1) is 14.6. The molecule has 0 spiro atoms. The number of hydrogen-bond acceptors (Lipinski definition) is 3. The van der Waals surface area contributed by atoms with Crippen molar-refractivity contribution in [2.24, 2.45) is 0 Å². The Hall–Kier alpha value is -3.02. The second kappa shape index (κ2) is 5.88. The number of hydrogen-bond donors (Lipinski definition) is 1. The van der Waals surface area contributed by atoms with Gasteiger partial charge >= 0.3 is 0 Å². The molecule has 5 nitrogen and oxygen atoms in total. The smallest absolute Gasteiger partial charge is 0.277 e. The monoisotopic (exact) mass is 322 g/mol. The molecule has 4 rings (SSSR count). The summed E-state index contributed by atoms with van der Waals surface area (Å²) in [6, 6.07) is 11.5. The van der Waals surface area contributed by atoms with Crippen molar-refractivity contribution in [1.82, 2.24) is 14.8 Å². The maximum Gasteiger partial charge on any atom is 0.277 e. The molecule has 24 heavy (non-hydrogen) atoms. The molecule has 3 aromatic rings. The van der Waals surface area contributed by atoms with Crippen LogP contribution in [0, 0.1) is 5.82 Å². The van der Waals surface area contributed by atoms with Crippen molar-refractivity contribution in [3.05, 3.63) is 71.4 Å². The van der Waals surface area contributed by atoms with Gasteiger partial charge in [-0.15, -0.1) is 0 Å². The predicted molar refractivity (Wildman–Crippen MR) is 87.7 cm³/mol. The van der Waals surface area contributed by atoms with E-state index in [2.05, 4.69) is 15.4 Å². The van der Waals surface area contributed by atoms with Gasteiger partial charge in [0.25, 0.3) is 5.91 Å². The van der Waals surface area contributed by atoms with Gasteiger partial charge in [0, 0.05) is 17.5 Å². The topological polar surface area (TPSA) is 59.8 Å². The summed E-state index contributed by atoms with van der Waals surface area (Å²) in [5.41, 5.74) is 3.16. The van der Waals surface area contributed by atoms with Crippen molar-refractivity contribution in [2.75, 3.05) is 5.32 Å². The summed E-state index contributed by atoms with van der Waals surface area (Å²) < 4.78 is 14.9. The van der Waals surface area contributed by atoms with Crippen LogP contribution in [-0.2, 0) is 12.8 Å². The van der Waals surface area contributed by atoms with Crippen LogP contribution in [0.1, 0.15) is 28.2 Å². The van der Waals surface area contributed by atoms with Gasteiger partial charge in [-0.3, -0.25) is 4.79 Å². The Labute approximate surface area is 138 Å². The van der Waals surface area contributed by atoms with Gasteiger partial charge in [0.15, 0.2) is 5.69 Å². The number of aromatic nitrogens is 3. The minimum atomic E-state index is -0.296. The molecule has 1 aromatic carbocycles. The molecule has 0 radical (unpaired) electrons. The largest absolute Gasteiger partial charge is 0.305 e. The average molecular weight is 322 g/mol. The first-order valence-electron chi connectivity index (χ1n) is 7.81. The zero-order valence-electron chi connectivity index (χ0n) is 12.9. The summed E-state index contributed by atoms with van der Waals surface area (Å²) in [6.45, 7) is 0. The van der Waals surface area contributed by atoms with Gasteiger partial charge in [0.1, 0.15) is 11.6 Å². The van der Waals surface area contributed by atoms with Crippen LogP contribution in [0.5, 0.6) is 0 Å². The molecule has 2 aromatic heterocycles. The molecule has 120 valence electrons. The second-order valence-corrected chi connectivity index (χ2v) is 5.68. The minimum Gasteiger partial charge on any atom is -0.305 e. The lowest BCUT2D eigenvalue weighted by atomic mass is 10.2. The number of anilines is 1. The van der Waals surface area contributed by atoms with Crippen molar-refractivity contribution < 1.29 is 9.18 Å². The van der Waals surface area contributed by atoms with E-state index in [4.69, 9.17) is 0 Å². The summed E-state index contributed by atoms with van der Waals surface area (Å²) in [5.74, 6) is -0.0750. The lowest BCUT2D eigenvalue weighted by Gasteiger charge is -2.05. The van der Waals surface area contributed by atoms with E-state index in [9.17, 15) is 9.18 Å². The standard InChI is InChI=1S/C18H15FN4O/c19-12-7-9-13(10-8-12)23-15-5-3-4-14(15)17(22-23)18(24)21-16-6-1-2-11-20-16/h1-2,6-11H,3-5H2,(H,20,21,24). The fourth-order valence-corrected chi connectivity index (χ4v) is 3.03. The Kier molecular flexibility index (Phi) is 3.57. The Bertz CT molecular complexity index is 887. The molecular formula is C18H15FN4O. The number of halogens is 1. The molecule has 1 aliphatic rings. The van der Waals surface area contributed by atoms with Crippen molar-refractivity contribution in [2.45, 2.75) is 19.3 Å². The molecular weight excluding hydrogens is 307 g/mol. The van der Waals surface area contributed by atoms with E-state index in [-0.39, 0.29) is 11.7 Å². The van der Waals surface area contributed by atoms with E-state index in [0.717, 1.165) is 36.2 Å². The number of benzene rings is 1. The molecule has 0 aliphatic heterocycles. The second-order valence-electron chi connectivity index (χ2n) is 5.68. The highest BCUT2D eigenvalue weighted by atomic mass is 19.1. The normalized spacial score (nSPS) is 12.9. The summed E-state index contributed by atoms with van der Waals surface area (Å²) in [7, 11) is 0.